The molecule has 1 saturated heterocycles. The topological polar surface area (TPSA) is 65.5 Å². The third-order valence-corrected chi connectivity index (χ3v) is 5.93. The Kier molecular flexibility index (Phi) is 4.98. The third-order valence-electron chi connectivity index (χ3n) is 5.93. The van der Waals surface area contributed by atoms with Gasteiger partial charge in [-0.05, 0) is 53.1 Å². The van der Waals surface area contributed by atoms with Crippen LogP contribution in [0.3, 0.4) is 0 Å². The molecule has 0 aliphatic carbocycles. The largest absolute Gasteiger partial charge is 0.378 e. The predicted octanol–water partition coefficient (Wildman–Crippen LogP) is 3.38. The minimum absolute atomic E-state index is 0.0506. The van der Waals surface area contributed by atoms with Crippen molar-refractivity contribution in [1.29, 1.82) is 0 Å². The average molecular weight is 380 g/mol. The third kappa shape index (κ3) is 3.56. The second-order valence-corrected chi connectivity index (χ2v) is 8.99. The van der Waals surface area contributed by atoms with E-state index in [9.17, 15) is 9.90 Å². The van der Waals surface area contributed by atoms with E-state index in [1.807, 2.05) is 0 Å². The number of rotatable bonds is 3. The summed E-state index contributed by atoms with van der Waals surface area (Å²) in [6, 6.07) is 8.41. The van der Waals surface area contributed by atoms with Gasteiger partial charge in [0.05, 0.1) is 0 Å². The number of amides is 1. The van der Waals surface area contributed by atoms with Crippen LogP contribution in [0.25, 0.3) is 0 Å². The molecule has 5 nitrogen and oxygen atoms in total. The van der Waals surface area contributed by atoms with Crippen molar-refractivity contribution in [2.24, 2.45) is 0 Å². The number of aliphatic hydroxyl groups excluding tert-OH is 1. The van der Waals surface area contributed by atoms with Gasteiger partial charge in [-0.3, -0.25) is 9.78 Å². The molecule has 1 unspecified atom stereocenters. The molecular formula is C23H29N3O2. The second kappa shape index (κ2) is 7.30. The van der Waals surface area contributed by atoms with Crippen LogP contribution in [0.1, 0.15) is 73.6 Å². The van der Waals surface area contributed by atoms with Crippen molar-refractivity contribution in [3.05, 3.63) is 64.5 Å². The number of fused-ring (bicyclic) bond motifs is 1. The predicted molar refractivity (Wildman–Crippen MR) is 109 cm³/mol. The monoisotopic (exact) mass is 379 g/mol. The van der Waals surface area contributed by atoms with E-state index < -0.39 is 6.10 Å². The summed E-state index contributed by atoms with van der Waals surface area (Å²) in [6.45, 7) is 8.83. The van der Waals surface area contributed by atoms with Gasteiger partial charge in [0.25, 0.3) is 5.91 Å². The molecule has 5 heteroatoms. The molecule has 1 aromatic heterocycles. The zero-order valence-electron chi connectivity index (χ0n) is 16.9. The highest BCUT2D eigenvalue weighted by atomic mass is 16.3. The molecule has 3 heterocycles. The van der Waals surface area contributed by atoms with Crippen LogP contribution in [0.5, 0.6) is 0 Å². The average Bonchev–Trinajstić information content (AvgIpc) is 3.35. The van der Waals surface area contributed by atoms with Gasteiger partial charge in [-0.25, -0.2) is 0 Å². The van der Waals surface area contributed by atoms with Crippen molar-refractivity contribution in [3.63, 3.8) is 0 Å². The van der Waals surface area contributed by atoms with Crippen molar-refractivity contribution in [3.8, 4) is 0 Å². The maximum Gasteiger partial charge on any atom is 0.256 e. The summed E-state index contributed by atoms with van der Waals surface area (Å²) in [5.74, 6) is -0.258. The highest BCUT2D eigenvalue weighted by Gasteiger charge is 2.33. The maximum absolute atomic E-state index is 13.0. The number of nitrogens with zero attached hydrogens (tertiary/aromatic N) is 2. The number of carbonyl (C=O) groups is 1. The zero-order chi connectivity index (χ0) is 19.9. The van der Waals surface area contributed by atoms with Gasteiger partial charge in [-0.15, -0.1) is 0 Å². The first kappa shape index (κ1) is 19.1. The molecule has 0 bridgehead atoms. The Labute approximate surface area is 166 Å². The van der Waals surface area contributed by atoms with Crippen LogP contribution in [-0.2, 0) is 23.3 Å². The Morgan fingerprint density at radius 1 is 1.32 bits per heavy atom. The fourth-order valence-electron chi connectivity index (χ4n) is 4.25. The van der Waals surface area contributed by atoms with E-state index in [1.165, 1.54) is 28.7 Å². The first-order valence-corrected chi connectivity index (χ1v) is 10.1. The van der Waals surface area contributed by atoms with E-state index in [2.05, 4.69) is 43.2 Å². The highest BCUT2D eigenvalue weighted by molar-refractivity contribution is 5.82. The number of aliphatic hydroxyl groups is 1. The van der Waals surface area contributed by atoms with Crippen LogP contribution < -0.4 is 5.32 Å². The SMILES string of the molecule is CC(C)(C)c1cc2c(c([C@@H]3CCCN3)c1)CN(C(=O)C(O)c1cccnc1)C2. The molecule has 0 saturated carbocycles. The number of nitrogens with one attached hydrogen (secondary N) is 1. The molecule has 0 radical (unpaired) electrons. The first-order chi connectivity index (χ1) is 13.3. The lowest BCUT2D eigenvalue weighted by molar-refractivity contribution is -0.141. The summed E-state index contributed by atoms with van der Waals surface area (Å²) in [6.07, 6.45) is 4.34. The van der Waals surface area contributed by atoms with E-state index in [0.29, 0.717) is 24.7 Å². The molecule has 2 N–H and O–H groups in total. The zero-order valence-corrected chi connectivity index (χ0v) is 16.9. The van der Waals surface area contributed by atoms with Gasteiger partial charge in [-0.2, -0.15) is 0 Å². The lowest BCUT2D eigenvalue weighted by Crippen LogP contribution is -2.31. The number of carbonyl (C=O) groups excluding carboxylic acids is 1. The molecule has 1 amide bonds. The summed E-state index contributed by atoms with van der Waals surface area (Å²) in [7, 11) is 0. The lowest BCUT2D eigenvalue weighted by Gasteiger charge is -2.24. The Hall–Kier alpha value is -2.24. The van der Waals surface area contributed by atoms with Crippen LogP contribution in [-0.4, -0.2) is 27.4 Å². The molecule has 2 aliphatic rings. The van der Waals surface area contributed by atoms with Gasteiger partial charge in [0.1, 0.15) is 0 Å². The van der Waals surface area contributed by atoms with E-state index in [4.69, 9.17) is 0 Å². The van der Waals surface area contributed by atoms with Gasteiger partial charge in [0.2, 0.25) is 0 Å². The van der Waals surface area contributed by atoms with Crippen molar-refractivity contribution in [2.75, 3.05) is 6.54 Å². The van der Waals surface area contributed by atoms with Gasteiger partial charge in [0.15, 0.2) is 6.10 Å². The Balaban J connectivity index is 1.64. The van der Waals surface area contributed by atoms with Gasteiger partial charge < -0.3 is 15.3 Å². The molecule has 2 aromatic rings. The summed E-state index contributed by atoms with van der Waals surface area (Å²) in [5, 5.41) is 14.2. The summed E-state index contributed by atoms with van der Waals surface area (Å²) in [4.78, 5) is 18.8. The van der Waals surface area contributed by atoms with Crippen molar-refractivity contribution < 1.29 is 9.90 Å². The molecule has 2 aliphatic heterocycles. The minimum atomic E-state index is -1.17. The first-order valence-electron chi connectivity index (χ1n) is 10.1. The standard InChI is InChI=1S/C23H29N3O2/c1-23(2,3)17-10-16-13-26(22(28)21(27)15-6-4-8-24-12-15)14-19(16)18(11-17)20-7-5-9-25-20/h4,6,8,10-12,20-21,25,27H,5,7,9,13-14H2,1-3H3/t20-,21?/m0/s1. The van der Waals surface area contributed by atoms with E-state index >= 15 is 0 Å². The molecule has 1 aromatic carbocycles. The second-order valence-electron chi connectivity index (χ2n) is 8.99. The highest BCUT2D eigenvalue weighted by Crippen LogP contribution is 2.38. The number of hydrogen-bond donors (Lipinski definition) is 2. The Bertz CT molecular complexity index is 867. The van der Waals surface area contributed by atoms with E-state index in [0.717, 1.165) is 13.0 Å². The minimum Gasteiger partial charge on any atom is -0.378 e. The molecule has 28 heavy (non-hydrogen) atoms. The smallest absolute Gasteiger partial charge is 0.256 e. The van der Waals surface area contributed by atoms with Gasteiger partial charge in [-0.1, -0.05) is 39.0 Å². The maximum atomic E-state index is 13.0. The summed E-state index contributed by atoms with van der Waals surface area (Å²) >= 11 is 0. The van der Waals surface area contributed by atoms with Crippen LogP contribution in [0.2, 0.25) is 0 Å². The van der Waals surface area contributed by atoms with Crippen molar-refractivity contribution >= 4 is 5.91 Å². The fourth-order valence-corrected chi connectivity index (χ4v) is 4.25. The van der Waals surface area contributed by atoms with Crippen LogP contribution in [0.4, 0.5) is 0 Å². The number of aromatic nitrogens is 1. The molecule has 4 rings (SSSR count). The number of hydrogen-bond acceptors (Lipinski definition) is 4. The molecule has 1 fully saturated rings. The van der Waals surface area contributed by atoms with Crippen molar-refractivity contribution in [1.82, 2.24) is 15.2 Å². The molecule has 0 spiro atoms. The van der Waals surface area contributed by atoms with E-state index in [1.54, 1.807) is 29.4 Å². The molecular weight excluding hydrogens is 350 g/mol. The number of benzene rings is 1. The number of pyridine rings is 1. The molecule has 2 atom stereocenters. The summed E-state index contributed by atoms with van der Waals surface area (Å²) < 4.78 is 0. The quantitative estimate of drug-likeness (QED) is 0.858. The summed E-state index contributed by atoms with van der Waals surface area (Å²) in [5.41, 5.74) is 5.68. The van der Waals surface area contributed by atoms with Gasteiger partial charge in [0, 0.05) is 37.1 Å². The molecule has 148 valence electrons. The van der Waals surface area contributed by atoms with E-state index in [-0.39, 0.29) is 11.3 Å². The van der Waals surface area contributed by atoms with Crippen LogP contribution in [0, 0.1) is 0 Å². The van der Waals surface area contributed by atoms with Crippen LogP contribution in [0.15, 0.2) is 36.7 Å². The van der Waals surface area contributed by atoms with Gasteiger partial charge >= 0.3 is 0 Å². The fraction of sp³-hybridized carbons (Fsp3) is 0.478. The van der Waals surface area contributed by atoms with Crippen molar-refractivity contribution in [2.45, 2.75) is 64.3 Å². The lowest BCUT2D eigenvalue weighted by atomic mass is 9.82. The Morgan fingerprint density at radius 2 is 2.14 bits per heavy atom. The normalized spacial score (nSPS) is 20.3. The Morgan fingerprint density at radius 3 is 2.79 bits per heavy atom. The van der Waals surface area contributed by atoms with Crippen LogP contribution >= 0.6 is 0 Å².